The minimum Gasteiger partial charge on any atom is -0.497 e. The highest BCUT2D eigenvalue weighted by molar-refractivity contribution is 8.00. The first-order valence-corrected chi connectivity index (χ1v) is 9.04. The summed E-state index contributed by atoms with van der Waals surface area (Å²) < 4.78 is 10.5. The highest BCUT2D eigenvalue weighted by atomic mass is 32.2. The van der Waals surface area contributed by atoms with Crippen LogP contribution in [-0.4, -0.2) is 35.3 Å². The first kappa shape index (κ1) is 18.1. The second kappa shape index (κ2) is 7.70. The molecule has 3 rings (SSSR count). The summed E-state index contributed by atoms with van der Waals surface area (Å²) in [6, 6.07) is 11.3. The van der Waals surface area contributed by atoms with Crippen molar-refractivity contribution >= 4 is 34.4 Å². The number of anilines is 1. The molecule has 1 atom stereocenters. The molecule has 3 aromatic rings. The van der Waals surface area contributed by atoms with Crippen LogP contribution in [0.25, 0.3) is 11.0 Å². The van der Waals surface area contributed by atoms with Crippen LogP contribution in [0.2, 0.25) is 0 Å². The van der Waals surface area contributed by atoms with Crippen molar-refractivity contribution in [2.75, 3.05) is 19.5 Å². The Morgan fingerprint density at radius 3 is 2.73 bits per heavy atom. The Morgan fingerprint density at radius 1 is 1.19 bits per heavy atom. The maximum absolute atomic E-state index is 12.6. The minimum atomic E-state index is -0.331. The molecule has 0 fully saturated rings. The Hall–Kier alpha value is -2.67. The summed E-state index contributed by atoms with van der Waals surface area (Å²) in [6.45, 7) is 3.81. The summed E-state index contributed by atoms with van der Waals surface area (Å²) in [7, 11) is 3.21. The molecule has 2 aromatic carbocycles. The number of fused-ring (bicyclic) bond motifs is 1. The fraction of sp³-hybridized carbons (Fsp3) is 0.263. The van der Waals surface area contributed by atoms with Crippen molar-refractivity contribution in [2.24, 2.45) is 0 Å². The van der Waals surface area contributed by atoms with Gasteiger partial charge < -0.3 is 19.8 Å². The number of nitrogens with zero attached hydrogens (tertiary/aromatic N) is 1. The molecule has 0 spiro atoms. The predicted molar refractivity (Wildman–Crippen MR) is 104 cm³/mol. The van der Waals surface area contributed by atoms with E-state index >= 15 is 0 Å². The average molecular weight is 371 g/mol. The van der Waals surface area contributed by atoms with Crippen molar-refractivity contribution in [3.8, 4) is 11.5 Å². The van der Waals surface area contributed by atoms with Gasteiger partial charge in [0.25, 0.3) is 0 Å². The maximum Gasteiger partial charge on any atom is 0.237 e. The average Bonchev–Trinajstić information content (AvgIpc) is 3.03. The van der Waals surface area contributed by atoms with E-state index in [1.54, 1.807) is 14.2 Å². The molecule has 1 heterocycles. The van der Waals surface area contributed by atoms with Crippen LogP contribution >= 0.6 is 11.8 Å². The molecule has 0 unspecified atom stereocenters. The number of aromatic nitrogens is 2. The fourth-order valence-electron chi connectivity index (χ4n) is 2.52. The molecule has 0 saturated heterocycles. The third-order valence-corrected chi connectivity index (χ3v) is 4.92. The van der Waals surface area contributed by atoms with Gasteiger partial charge >= 0.3 is 0 Å². The molecule has 2 N–H and O–H groups in total. The summed E-state index contributed by atoms with van der Waals surface area (Å²) in [6.07, 6.45) is 0. The van der Waals surface area contributed by atoms with Gasteiger partial charge in [0.1, 0.15) is 11.5 Å². The number of methoxy groups -OCH3 is 2. The van der Waals surface area contributed by atoms with Crippen molar-refractivity contribution < 1.29 is 14.3 Å². The number of H-pyrrole nitrogens is 1. The largest absolute Gasteiger partial charge is 0.497 e. The lowest BCUT2D eigenvalue weighted by atomic mass is 10.2. The molecule has 0 aliphatic carbocycles. The number of hydrogen-bond donors (Lipinski definition) is 2. The zero-order valence-corrected chi connectivity index (χ0v) is 15.9. The number of carbonyl (C=O) groups excluding carboxylic acids is 1. The van der Waals surface area contributed by atoms with Gasteiger partial charge in [0.05, 0.1) is 36.2 Å². The van der Waals surface area contributed by atoms with Gasteiger partial charge in [-0.15, -0.1) is 0 Å². The van der Waals surface area contributed by atoms with E-state index in [1.165, 1.54) is 11.8 Å². The number of aromatic amines is 1. The van der Waals surface area contributed by atoms with E-state index in [-0.39, 0.29) is 11.2 Å². The molecule has 1 aromatic heterocycles. The Morgan fingerprint density at radius 2 is 2.00 bits per heavy atom. The van der Waals surface area contributed by atoms with Crippen molar-refractivity contribution in [3.63, 3.8) is 0 Å². The summed E-state index contributed by atoms with van der Waals surface area (Å²) in [5, 5.41) is 3.28. The monoisotopic (exact) mass is 371 g/mol. The van der Waals surface area contributed by atoms with Crippen molar-refractivity contribution in [2.45, 2.75) is 24.3 Å². The van der Waals surface area contributed by atoms with E-state index in [4.69, 9.17) is 9.47 Å². The van der Waals surface area contributed by atoms with Gasteiger partial charge in [-0.3, -0.25) is 4.79 Å². The number of nitrogens with one attached hydrogen (secondary N) is 2. The molecule has 26 heavy (non-hydrogen) atoms. The molecule has 0 saturated carbocycles. The Balaban J connectivity index is 1.72. The van der Waals surface area contributed by atoms with Crippen LogP contribution in [0.5, 0.6) is 11.5 Å². The van der Waals surface area contributed by atoms with Crippen LogP contribution in [-0.2, 0) is 4.79 Å². The minimum absolute atomic E-state index is 0.114. The van der Waals surface area contributed by atoms with Crippen molar-refractivity contribution in [3.05, 3.63) is 42.0 Å². The van der Waals surface area contributed by atoms with E-state index < -0.39 is 0 Å². The number of benzene rings is 2. The number of thioether (sulfide) groups is 1. The number of aryl methyl sites for hydroxylation is 1. The Bertz CT molecular complexity index is 939. The van der Waals surface area contributed by atoms with E-state index in [2.05, 4.69) is 15.3 Å². The lowest BCUT2D eigenvalue weighted by Gasteiger charge is -2.14. The number of amides is 1. The van der Waals surface area contributed by atoms with Gasteiger partial charge in [0, 0.05) is 6.07 Å². The van der Waals surface area contributed by atoms with Crippen LogP contribution < -0.4 is 14.8 Å². The number of rotatable bonds is 6. The number of ether oxygens (including phenoxy) is 2. The summed E-state index contributed by atoms with van der Waals surface area (Å²) >= 11 is 1.37. The first-order chi connectivity index (χ1) is 12.5. The van der Waals surface area contributed by atoms with Crippen molar-refractivity contribution in [1.82, 2.24) is 9.97 Å². The standard InChI is InChI=1S/C19H21N3O3S/c1-11-5-8-17(25-4)16(9-11)20-18(23)12(2)26-19-21-14-7-6-13(24-3)10-15(14)22-19/h5-10,12H,1-4H3,(H,20,23)(H,21,22)/t12-/m1/s1. The van der Waals surface area contributed by atoms with Gasteiger partial charge in [0.2, 0.25) is 5.91 Å². The molecular formula is C19H21N3O3S. The van der Waals surface area contributed by atoms with Gasteiger partial charge in [-0.25, -0.2) is 4.98 Å². The molecule has 0 bridgehead atoms. The van der Waals surface area contributed by atoms with Crippen LogP contribution in [0, 0.1) is 6.92 Å². The maximum atomic E-state index is 12.6. The second-order valence-electron chi connectivity index (χ2n) is 5.88. The first-order valence-electron chi connectivity index (χ1n) is 8.16. The lowest BCUT2D eigenvalue weighted by molar-refractivity contribution is -0.115. The molecule has 0 radical (unpaired) electrons. The zero-order valence-electron chi connectivity index (χ0n) is 15.1. The third kappa shape index (κ3) is 3.94. The van der Waals surface area contributed by atoms with Crippen LogP contribution in [0.4, 0.5) is 5.69 Å². The molecule has 136 valence electrons. The number of carbonyl (C=O) groups is 1. The van der Waals surface area contributed by atoms with Crippen LogP contribution in [0.1, 0.15) is 12.5 Å². The smallest absolute Gasteiger partial charge is 0.237 e. The molecule has 7 heteroatoms. The molecular weight excluding hydrogens is 350 g/mol. The van der Waals surface area contributed by atoms with E-state index in [0.717, 1.165) is 22.3 Å². The summed E-state index contributed by atoms with van der Waals surface area (Å²) in [5.41, 5.74) is 3.42. The van der Waals surface area contributed by atoms with Gasteiger partial charge in [-0.2, -0.15) is 0 Å². The van der Waals surface area contributed by atoms with Crippen molar-refractivity contribution in [1.29, 1.82) is 0 Å². The quantitative estimate of drug-likeness (QED) is 0.640. The summed E-state index contributed by atoms with van der Waals surface area (Å²) in [4.78, 5) is 20.3. The number of imidazole rings is 1. The van der Waals surface area contributed by atoms with Gasteiger partial charge in [-0.1, -0.05) is 17.8 Å². The Labute approximate surface area is 156 Å². The fourth-order valence-corrected chi connectivity index (χ4v) is 3.34. The molecule has 6 nitrogen and oxygen atoms in total. The topological polar surface area (TPSA) is 76.2 Å². The number of hydrogen-bond acceptors (Lipinski definition) is 5. The molecule has 0 aliphatic rings. The highest BCUT2D eigenvalue weighted by Crippen LogP contribution is 2.29. The summed E-state index contributed by atoms with van der Waals surface area (Å²) in [5.74, 6) is 1.28. The van der Waals surface area contributed by atoms with E-state index in [0.29, 0.717) is 16.6 Å². The second-order valence-corrected chi connectivity index (χ2v) is 7.21. The van der Waals surface area contributed by atoms with Crippen LogP contribution in [0.15, 0.2) is 41.6 Å². The zero-order chi connectivity index (χ0) is 18.7. The van der Waals surface area contributed by atoms with E-state index in [9.17, 15) is 4.79 Å². The predicted octanol–water partition coefficient (Wildman–Crippen LogP) is 4.01. The van der Waals surface area contributed by atoms with Gasteiger partial charge in [-0.05, 0) is 43.7 Å². The van der Waals surface area contributed by atoms with Crippen LogP contribution in [0.3, 0.4) is 0 Å². The van der Waals surface area contributed by atoms with E-state index in [1.807, 2.05) is 50.2 Å². The Kier molecular flexibility index (Phi) is 5.37. The normalized spacial score (nSPS) is 12.0. The highest BCUT2D eigenvalue weighted by Gasteiger charge is 2.18. The SMILES string of the molecule is COc1ccc2nc(S[C@H](C)C(=O)Nc3cc(C)ccc3OC)[nH]c2c1. The molecule has 1 amide bonds. The molecule has 0 aliphatic heterocycles. The van der Waals surface area contributed by atoms with Gasteiger partial charge in [0.15, 0.2) is 5.16 Å². The third-order valence-electron chi connectivity index (χ3n) is 3.94. The lowest BCUT2D eigenvalue weighted by Crippen LogP contribution is -2.22.